The van der Waals surface area contributed by atoms with Gasteiger partial charge in [-0.2, -0.15) is 0 Å². The lowest BCUT2D eigenvalue weighted by Gasteiger charge is -2.32. The van der Waals surface area contributed by atoms with Gasteiger partial charge in [-0.05, 0) is 23.0 Å². The minimum atomic E-state index is 0.727. The Hall–Kier alpha value is -0.820. The van der Waals surface area contributed by atoms with Crippen LogP contribution in [0.3, 0.4) is 0 Å². The fraction of sp³-hybridized carbons (Fsp3) is 0.571. The molecule has 0 amide bonds. The molecule has 0 saturated carbocycles. The predicted molar refractivity (Wildman–Crippen MR) is 65.0 cm³/mol. The van der Waals surface area contributed by atoms with Crippen LogP contribution in [0.4, 0.5) is 0 Å². The number of rotatable bonds is 3. The predicted octanol–water partition coefficient (Wildman–Crippen LogP) is 3.31. The second-order valence-electron chi connectivity index (χ2n) is 4.51. The summed E-state index contributed by atoms with van der Waals surface area (Å²) in [6.45, 7) is 6.83. The molecule has 0 bridgehead atoms. The van der Waals surface area contributed by atoms with Crippen molar-refractivity contribution in [1.29, 1.82) is 0 Å². The van der Waals surface area contributed by atoms with Crippen LogP contribution in [0.25, 0.3) is 0 Å². The Morgan fingerprint density at radius 1 is 1.27 bits per heavy atom. The molecule has 15 heavy (non-hydrogen) atoms. The molecule has 1 unspecified atom stereocenters. The molecule has 1 N–H and O–H groups in total. The third-order valence-corrected chi connectivity index (χ3v) is 3.75. The Labute approximate surface area is 92.9 Å². The quantitative estimate of drug-likeness (QED) is 0.794. The number of benzene rings is 1. The fourth-order valence-electron chi connectivity index (χ4n) is 2.81. The van der Waals surface area contributed by atoms with Crippen LogP contribution < -0.4 is 5.32 Å². The molecule has 1 nitrogen and oxygen atoms in total. The van der Waals surface area contributed by atoms with Crippen LogP contribution in [0.2, 0.25) is 0 Å². The molecule has 0 aromatic heterocycles. The van der Waals surface area contributed by atoms with Gasteiger partial charge in [-0.1, -0.05) is 51.0 Å². The van der Waals surface area contributed by atoms with E-state index >= 15 is 0 Å². The van der Waals surface area contributed by atoms with Crippen molar-refractivity contribution >= 4 is 0 Å². The highest BCUT2D eigenvalue weighted by molar-refractivity contribution is 5.33. The van der Waals surface area contributed by atoms with Crippen molar-refractivity contribution in [2.75, 3.05) is 6.54 Å². The van der Waals surface area contributed by atoms with E-state index in [4.69, 9.17) is 0 Å². The molecule has 0 aliphatic carbocycles. The molecular weight excluding hydrogens is 182 g/mol. The standard InChI is InChI=1S/C14H21N/c1-3-11(4-2)14-10-15-9-12-7-5-6-8-13(12)14/h5-8,11,14-15H,3-4,9-10H2,1-2H3. The van der Waals surface area contributed by atoms with Crippen molar-refractivity contribution in [3.05, 3.63) is 35.4 Å². The van der Waals surface area contributed by atoms with Gasteiger partial charge in [0.05, 0.1) is 0 Å². The molecule has 1 aromatic rings. The van der Waals surface area contributed by atoms with Crippen LogP contribution in [-0.2, 0) is 6.54 Å². The van der Waals surface area contributed by atoms with E-state index in [2.05, 4.69) is 43.4 Å². The first kappa shape index (κ1) is 10.7. The van der Waals surface area contributed by atoms with Crippen molar-refractivity contribution in [3.63, 3.8) is 0 Å². The molecule has 0 spiro atoms. The Kier molecular flexibility index (Phi) is 3.42. The highest BCUT2D eigenvalue weighted by Crippen LogP contribution is 2.33. The van der Waals surface area contributed by atoms with Crippen LogP contribution in [0.5, 0.6) is 0 Å². The Morgan fingerprint density at radius 3 is 2.73 bits per heavy atom. The van der Waals surface area contributed by atoms with Crippen LogP contribution in [0.15, 0.2) is 24.3 Å². The van der Waals surface area contributed by atoms with Crippen LogP contribution in [0, 0.1) is 5.92 Å². The monoisotopic (exact) mass is 203 g/mol. The maximum atomic E-state index is 3.54. The summed E-state index contributed by atoms with van der Waals surface area (Å²) in [5.41, 5.74) is 3.09. The summed E-state index contributed by atoms with van der Waals surface area (Å²) in [6, 6.07) is 8.91. The summed E-state index contributed by atoms with van der Waals surface area (Å²) in [5, 5.41) is 3.54. The van der Waals surface area contributed by atoms with Gasteiger partial charge >= 0.3 is 0 Å². The number of nitrogens with one attached hydrogen (secondary N) is 1. The van der Waals surface area contributed by atoms with Gasteiger partial charge in [-0.25, -0.2) is 0 Å². The highest BCUT2D eigenvalue weighted by Gasteiger charge is 2.24. The highest BCUT2D eigenvalue weighted by atomic mass is 14.9. The average Bonchev–Trinajstić information content (AvgIpc) is 2.31. The van der Waals surface area contributed by atoms with E-state index in [0.717, 1.165) is 24.9 Å². The molecule has 1 aliphatic rings. The zero-order chi connectivity index (χ0) is 10.7. The molecule has 0 radical (unpaired) electrons. The molecule has 1 aliphatic heterocycles. The molecule has 1 heteroatoms. The Balaban J connectivity index is 2.28. The molecule has 2 rings (SSSR count). The van der Waals surface area contributed by atoms with E-state index < -0.39 is 0 Å². The van der Waals surface area contributed by atoms with E-state index in [-0.39, 0.29) is 0 Å². The van der Waals surface area contributed by atoms with E-state index in [1.54, 1.807) is 5.56 Å². The second-order valence-corrected chi connectivity index (χ2v) is 4.51. The summed E-state index contributed by atoms with van der Waals surface area (Å²) in [7, 11) is 0. The van der Waals surface area contributed by atoms with Crippen molar-refractivity contribution in [3.8, 4) is 0 Å². The molecular formula is C14H21N. The van der Waals surface area contributed by atoms with Gasteiger partial charge in [0.25, 0.3) is 0 Å². The first-order chi connectivity index (χ1) is 7.36. The summed E-state index contributed by atoms with van der Waals surface area (Å²) in [4.78, 5) is 0. The first-order valence-corrected chi connectivity index (χ1v) is 6.15. The van der Waals surface area contributed by atoms with E-state index in [9.17, 15) is 0 Å². The zero-order valence-corrected chi connectivity index (χ0v) is 9.79. The molecule has 1 heterocycles. The summed E-state index contributed by atoms with van der Waals surface area (Å²) in [6.07, 6.45) is 2.58. The lowest BCUT2D eigenvalue weighted by molar-refractivity contribution is 0.363. The van der Waals surface area contributed by atoms with Gasteiger partial charge in [0.15, 0.2) is 0 Å². The van der Waals surface area contributed by atoms with Gasteiger partial charge in [0, 0.05) is 13.1 Å². The fourth-order valence-corrected chi connectivity index (χ4v) is 2.81. The van der Waals surface area contributed by atoms with Crippen LogP contribution in [0.1, 0.15) is 43.7 Å². The molecule has 82 valence electrons. The van der Waals surface area contributed by atoms with Crippen molar-refractivity contribution < 1.29 is 0 Å². The van der Waals surface area contributed by atoms with Gasteiger partial charge in [0.2, 0.25) is 0 Å². The third kappa shape index (κ3) is 2.07. The topological polar surface area (TPSA) is 12.0 Å². The van der Waals surface area contributed by atoms with Gasteiger partial charge in [-0.15, -0.1) is 0 Å². The SMILES string of the molecule is CCC(CC)C1CNCc2ccccc21. The largest absolute Gasteiger partial charge is 0.312 e. The number of hydrogen-bond donors (Lipinski definition) is 1. The normalized spacial score (nSPS) is 20.3. The van der Waals surface area contributed by atoms with Crippen molar-refractivity contribution in [2.45, 2.75) is 39.2 Å². The van der Waals surface area contributed by atoms with E-state index in [1.807, 2.05) is 0 Å². The maximum Gasteiger partial charge on any atom is 0.0208 e. The van der Waals surface area contributed by atoms with Crippen molar-refractivity contribution in [2.24, 2.45) is 5.92 Å². The van der Waals surface area contributed by atoms with E-state index in [0.29, 0.717) is 0 Å². The van der Waals surface area contributed by atoms with E-state index in [1.165, 1.54) is 18.4 Å². The molecule has 1 atom stereocenters. The smallest absolute Gasteiger partial charge is 0.0208 e. The zero-order valence-electron chi connectivity index (χ0n) is 9.79. The lowest BCUT2D eigenvalue weighted by atomic mass is 9.79. The third-order valence-electron chi connectivity index (χ3n) is 3.75. The Bertz CT molecular complexity index is 315. The van der Waals surface area contributed by atoms with Gasteiger partial charge in [0.1, 0.15) is 0 Å². The summed E-state index contributed by atoms with van der Waals surface area (Å²) >= 11 is 0. The average molecular weight is 203 g/mol. The van der Waals surface area contributed by atoms with Crippen LogP contribution >= 0.6 is 0 Å². The lowest BCUT2D eigenvalue weighted by Crippen LogP contribution is -2.32. The minimum absolute atomic E-state index is 0.727. The first-order valence-electron chi connectivity index (χ1n) is 6.15. The van der Waals surface area contributed by atoms with Gasteiger partial charge < -0.3 is 5.32 Å². The Morgan fingerprint density at radius 2 is 2.00 bits per heavy atom. The molecule has 0 saturated heterocycles. The summed E-state index contributed by atoms with van der Waals surface area (Å²) in [5.74, 6) is 1.56. The minimum Gasteiger partial charge on any atom is -0.312 e. The number of hydrogen-bond acceptors (Lipinski definition) is 1. The maximum absolute atomic E-state index is 3.54. The van der Waals surface area contributed by atoms with Crippen LogP contribution in [-0.4, -0.2) is 6.54 Å². The second kappa shape index (κ2) is 4.80. The van der Waals surface area contributed by atoms with Crippen molar-refractivity contribution in [1.82, 2.24) is 5.32 Å². The molecule has 0 fully saturated rings. The summed E-state index contributed by atoms with van der Waals surface area (Å²) < 4.78 is 0. The van der Waals surface area contributed by atoms with Gasteiger partial charge in [-0.3, -0.25) is 0 Å². The molecule has 1 aromatic carbocycles. The number of fused-ring (bicyclic) bond motifs is 1.